The first-order chi connectivity index (χ1) is 5.89. The van der Waals surface area contributed by atoms with Crippen LogP contribution < -0.4 is 0 Å². The van der Waals surface area contributed by atoms with E-state index in [1.807, 2.05) is 0 Å². The molecule has 0 saturated heterocycles. The van der Waals surface area contributed by atoms with Gasteiger partial charge < -0.3 is 4.74 Å². The van der Waals surface area contributed by atoms with Gasteiger partial charge in [-0.25, -0.2) is 0 Å². The Labute approximate surface area is 91.4 Å². The molecule has 0 aliphatic heterocycles. The molecule has 0 N–H and O–H groups in total. The first-order valence-electron chi connectivity index (χ1n) is 5.09. The van der Waals surface area contributed by atoms with Gasteiger partial charge in [0, 0.05) is 10.7 Å². The van der Waals surface area contributed by atoms with Crippen LogP contribution in [0, 0.1) is 5.41 Å². The van der Waals surface area contributed by atoms with E-state index in [1.165, 1.54) is 12.8 Å². The first-order valence-corrected chi connectivity index (χ1v) is 6.21. The average molecular weight is 251 g/mol. The lowest BCUT2D eigenvalue weighted by atomic mass is 9.85. The van der Waals surface area contributed by atoms with Crippen molar-refractivity contribution in [3.8, 4) is 0 Å². The number of rotatable bonds is 5. The second kappa shape index (κ2) is 5.35. The maximum atomic E-state index is 5.84. The summed E-state index contributed by atoms with van der Waals surface area (Å²) < 4.78 is 5.84. The third-order valence-electron chi connectivity index (χ3n) is 2.59. The van der Waals surface area contributed by atoms with Crippen LogP contribution in [0.25, 0.3) is 0 Å². The monoisotopic (exact) mass is 250 g/mol. The highest BCUT2D eigenvalue weighted by Gasteiger charge is 2.27. The summed E-state index contributed by atoms with van der Waals surface area (Å²) in [5.74, 6) is 0. The summed E-state index contributed by atoms with van der Waals surface area (Å²) >= 11 is 3.58. The summed E-state index contributed by atoms with van der Waals surface area (Å²) in [5, 5.41) is 1.03. The number of halogens is 1. The Balaban J connectivity index is 4.11. The zero-order valence-corrected chi connectivity index (χ0v) is 11.2. The van der Waals surface area contributed by atoms with Crippen LogP contribution in [0.3, 0.4) is 0 Å². The average Bonchev–Trinajstić information content (AvgIpc) is 2.06. The Morgan fingerprint density at radius 2 is 1.54 bits per heavy atom. The number of ether oxygens (including phenoxy) is 1. The highest BCUT2D eigenvalue weighted by Crippen LogP contribution is 2.30. The standard InChI is InChI=1S/C11H23BrO/c1-6-11(7-2,8-12)9-13-10(3,4)5/h6-9H2,1-5H3. The van der Waals surface area contributed by atoms with Crippen LogP contribution in [-0.2, 0) is 4.74 Å². The molecule has 0 atom stereocenters. The van der Waals surface area contributed by atoms with E-state index in [9.17, 15) is 0 Å². The van der Waals surface area contributed by atoms with Crippen LogP contribution in [0.4, 0.5) is 0 Å². The van der Waals surface area contributed by atoms with Crippen molar-refractivity contribution in [1.29, 1.82) is 0 Å². The lowest BCUT2D eigenvalue weighted by Gasteiger charge is -2.33. The van der Waals surface area contributed by atoms with E-state index in [0.29, 0.717) is 5.41 Å². The topological polar surface area (TPSA) is 9.23 Å². The lowest BCUT2D eigenvalue weighted by Crippen LogP contribution is -2.32. The summed E-state index contributed by atoms with van der Waals surface area (Å²) in [4.78, 5) is 0. The van der Waals surface area contributed by atoms with Crippen molar-refractivity contribution in [2.75, 3.05) is 11.9 Å². The van der Waals surface area contributed by atoms with Gasteiger partial charge in [0.25, 0.3) is 0 Å². The van der Waals surface area contributed by atoms with E-state index in [2.05, 4.69) is 50.5 Å². The molecule has 0 heterocycles. The third-order valence-corrected chi connectivity index (χ3v) is 3.78. The van der Waals surface area contributed by atoms with Crippen LogP contribution in [-0.4, -0.2) is 17.5 Å². The highest BCUT2D eigenvalue weighted by atomic mass is 79.9. The van der Waals surface area contributed by atoms with Gasteiger partial charge in [-0.3, -0.25) is 0 Å². The number of hydrogen-bond acceptors (Lipinski definition) is 1. The smallest absolute Gasteiger partial charge is 0.0598 e. The Kier molecular flexibility index (Phi) is 5.53. The molecule has 0 aromatic carbocycles. The molecule has 0 aromatic heterocycles. The fraction of sp³-hybridized carbons (Fsp3) is 1.00. The number of hydrogen-bond donors (Lipinski definition) is 0. The molecule has 0 aromatic rings. The van der Waals surface area contributed by atoms with Crippen molar-refractivity contribution < 1.29 is 4.74 Å². The predicted octanol–water partition coefficient (Wildman–Crippen LogP) is 4.00. The largest absolute Gasteiger partial charge is 0.375 e. The van der Waals surface area contributed by atoms with Crippen LogP contribution in [0.1, 0.15) is 47.5 Å². The molecule has 0 saturated carbocycles. The van der Waals surface area contributed by atoms with Crippen LogP contribution >= 0.6 is 15.9 Å². The van der Waals surface area contributed by atoms with Gasteiger partial charge in [0.15, 0.2) is 0 Å². The highest BCUT2D eigenvalue weighted by molar-refractivity contribution is 9.09. The van der Waals surface area contributed by atoms with E-state index in [-0.39, 0.29) is 5.60 Å². The van der Waals surface area contributed by atoms with Crippen LogP contribution in [0.15, 0.2) is 0 Å². The minimum Gasteiger partial charge on any atom is -0.375 e. The third kappa shape index (κ3) is 5.02. The molecule has 0 unspecified atom stereocenters. The Morgan fingerprint density at radius 3 is 1.77 bits per heavy atom. The molecule has 0 bridgehead atoms. The van der Waals surface area contributed by atoms with Crippen molar-refractivity contribution in [2.24, 2.45) is 5.41 Å². The summed E-state index contributed by atoms with van der Waals surface area (Å²) in [5.41, 5.74) is 0.311. The van der Waals surface area contributed by atoms with E-state index < -0.39 is 0 Å². The molecular weight excluding hydrogens is 228 g/mol. The predicted molar refractivity (Wildman–Crippen MR) is 62.5 cm³/mol. The van der Waals surface area contributed by atoms with Crippen molar-refractivity contribution in [3.63, 3.8) is 0 Å². The Hall–Kier alpha value is 0.440. The van der Waals surface area contributed by atoms with Crippen molar-refractivity contribution in [1.82, 2.24) is 0 Å². The minimum atomic E-state index is -0.0161. The molecule has 2 heteroatoms. The summed E-state index contributed by atoms with van der Waals surface area (Å²) in [6.07, 6.45) is 2.34. The van der Waals surface area contributed by atoms with Gasteiger partial charge in [0.05, 0.1) is 12.2 Å². The maximum absolute atomic E-state index is 5.84. The second-order valence-corrected chi connectivity index (χ2v) is 5.30. The summed E-state index contributed by atoms with van der Waals surface area (Å²) in [6.45, 7) is 11.6. The first kappa shape index (κ1) is 13.4. The fourth-order valence-electron chi connectivity index (χ4n) is 1.05. The second-order valence-electron chi connectivity index (χ2n) is 4.74. The molecular formula is C11H23BrO. The van der Waals surface area contributed by atoms with Crippen molar-refractivity contribution in [2.45, 2.75) is 53.1 Å². The normalized spacial score (nSPS) is 13.4. The van der Waals surface area contributed by atoms with Gasteiger partial charge in [0.2, 0.25) is 0 Å². The van der Waals surface area contributed by atoms with Crippen LogP contribution in [0.2, 0.25) is 0 Å². The summed E-state index contributed by atoms with van der Waals surface area (Å²) in [7, 11) is 0. The van der Waals surface area contributed by atoms with Gasteiger partial charge in [0.1, 0.15) is 0 Å². The molecule has 80 valence electrons. The Bertz CT molecular complexity index is 125. The minimum absolute atomic E-state index is 0.0161. The molecule has 1 nitrogen and oxygen atoms in total. The van der Waals surface area contributed by atoms with E-state index >= 15 is 0 Å². The number of alkyl halides is 1. The molecule has 0 aliphatic rings. The van der Waals surface area contributed by atoms with Crippen molar-refractivity contribution in [3.05, 3.63) is 0 Å². The quantitative estimate of drug-likeness (QED) is 0.671. The maximum Gasteiger partial charge on any atom is 0.0598 e. The van der Waals surface area contributed by atoms with Crippen LogP contribution in [0.5, 0.6) is 0 Å². The van der Waals surface area contributed by atoms with Gasteiger partial charge in [-0.15, -0.1) is 0 Å². The Morgan fingerprint density at radius 1 is 1.08 bits per heavy atom. The van der Waals surface area contributed by atoms with Gasteiger partial charge in [-0.2, -0.15) is 0 Å². The molecule has 0 radical (unpaired) electrons. The fourth-order valence-corrected chi connectivity index (χ4v) is 2.01. The molecule has 13 heavy (non-hydrogen) atoms. The molecule has 0 fully saturated rings. The van der Waals surface area contributed by atoms with Gasteiger partial charge in [-0.1, -0.05) is 29.8 Å². The zero-order chi connectivity index (χ0) is 10.5. The molecule has 0 amide bonds. The molecule has 0 rings (SSSR count). The summed E-state index contributed by atoms with van der Waals surface area (Å²) in [6, 6.07) is 0. The van der Waals surface area contributed by atoms with E-state index in [0.717, 1.165) is 11.9 Å². The molecule has 0 spiro atoms. The van der Waals surface area contributed by atoms with E-state index in [4.69, 9.17) is 4.74 Å². The van der Waals surface area contributed by atoms with E-state index in [1.54, 1.807) is 0 Å². The lowest BCUT2D eigenvalue weighted by molar-refractivity contribution is -0.0479. The van der Waals surface area contributed by atoms with Gasteiger partial charge in [-0.05, 0) is 33.6 Å². The van der Waals surface area contributed by atoms with Crippen molar-refractivity contribution >= 4 is 15.9 Å². The zero-order valence-electron chi connectivity index (χ0n) is 9.61. The SMILES string of the molecule is CCC(CC)(CBr)COC(C)(C)C. The van der Waals surface area contributed by atoms with Gasteiger partial charge >= 0.3 is 0 Å². The molecule has 0 aliphatic carbocycles.